The predicted octanol–water partition coefficient (Wildman–Crippen LogP) is 3.69. The monoisotopic (exact) mass is 277 g/mol. The third-order valence-electron chi connectivity index (χ3n) is 2.84. The molecule has 2 N–H and O–H groups in total. The van der Waals surface area contributed by atoms with Crippen LogP contribution in [0.25, 0.3) is 0 Å². The summed E-state index contributed by atoms with van der Waals surface area (Å²) < 4.78 is 12.8. The van der Waals surface area contributed by atoms with Crippen LogP contribution in [0, 0.1) is 5.82 Å². The van der Waals surface area contributed by atoms with Gasteiger partial charge in [0.1, 0.15) is 5.82 Å². The van der Waals surface area contributed by atoms with Crippen LogP contribution in [0.4, 0.5) is 10.1 Å². The van der Waals surface area contributed by atoms with E-state index in [1.807, 2.05) is 30.5 Å². The van der Waals surface area contributed by atoms with Crippen molar-refractivity contribution in [2.45, 2.75) is 11.0 Å². The molecule has 0 fully saturated rings. The second-order valence-electron chi connectivity index (χ2n) is 4.18. The second kappa shape index (κ2) is 6.59. The summed E-state index contributed by atoms with van der Waals surface area (Å²) in [6.45, 7) is 0.393. The fraction of sp³-hybridized carbons (Fsp3) is 0.200. The van der Waals surface area contributed by atoms with Crippen molar-refractivity contribution in [2.75, 3.05) is 18.1 Å². The number of rotatable bonds is 5. The Morgan fingerprint density at radius 3 is 2.32 bits per heavy atom. The smallest absolute Gasteiger partial charge is 0.123 e. The van der Waals surface area contributed by atoms with Gasteiger partial charge in [0.25, 0.3) is 0 Å². The van der Waals surface area contributed by atoms with Crippen LogP contribution in [0.1, 0.15) is 11.7 Å². The van der Waals surface area contributed by atoms with Crippen LogP contribution in [0.15, 0.2) is 53.4 Å². The SMILES string of the molecule is CSc1ccc(NCC(O)c2ccc(F)cc2)cc1. The maximum Gasteiger partial charge on any atom is 0.123 e. The molecule has 0 amide bonds. The Morgan fingerprint density at radius 2 is 1.74 bits per heavy atom. The molecule has 2 aromatic carbocycles. The third-order valence-corrected chi connectivity index (χ3v) is 3.59. The summed E-state index contributed by atoms with van der Waals surface area (Å²) in [5, 5.41) is 13.1. The highest BCUT2D eigenvalue weighted by atomic mass is 32.2. The summed E-state index contributed by atoms with van der Waals surface area (Å²) >= 11 is 1.69. The number of hydrogen-bond donors (Lipinski definition) is 2. The molecule has 0 saturated carbocycles. The number of thioether (sulfide) groups is 1. The largest absolute Gasteiger partial charge is 0.387 e. The van der Waals surface area contributed by atoms with Gasteiger partial charge in [-0.25, -0.2) is 4.39 Å². The van der Waals surface area contributed by atoms with Crippen molar-refractivity contribution in [3.8, 4) is 0 Å². The van der Waals surface area contributed by atoms with E-state index >= 15 is 0 Å². The second-order valence-corrected chi connectivity index (χ2v) is 5.06. The van der Waals surface area contributed by atoms with Crippen LogP contribution in [0.3, 0.4) is 0 Å². The van der Waals surface area contributed by atoms with Crippen molar-refractivity contribution in [3.05, 3.63) is 59.9 Å². The van der Waals surface area contributed by atoms with Crippen LogP contribution in [-0.2, 0) is 0 Å². The molecule has 0 aliphatic rings. The Bertz CT molecular complexity index is 513. The van der Waals surface area contributed by atoms with Crippen molar-refractivity contribution < 1.29 is 9.50 Å². The zero-order valence-electron chi connectivity index (χ0n) is 10.6. The molecule has 0 spiro atoms. The Kier molecular flexibility index (Phi) is 4.82. The molecule has 100 valence electrons. The lowest BCUT2D eigenvalue weighted by Gasteiger charge is -2.13. The first-order chi connectivity index (χ1) is 9.19. The van der Waals surface area contributed by atoms with Gasteiger partial charge in [-0.3, -0.25) is 0 Å². The number of aliphatic hydroxyl groups excluding tert-OH is 1. The molecule has 19 heavy (non-hydrogen) atoms. The minimum atomic E-state index is -0.652. The van der Waals surface area contributed by atoms with Crippen molar-refractivity contribution in [1.29, 1.82) is 0 Å². The molecule has 0 aliphatic carbocycles. The molecule has 0 radical (unpaired) electrons. The van der Waals surface area contributed by atoms with Gasteiger partial charge in [-0.1, -0.05) is 12.1 Å². The minimum Gasteiger partial charge on any atom is -0.387 e. The number of aliphatic hydroxyl groups is 1. The summed E-state index contributed by atoms with van der Waals surface area (Å²) in [6, 6.07) is 13.9. The first kappa shape index (κ1) is 13.9. The van der Waals surface area contributed by atoms with Crippen LogP contribution < -0.4 is 5.32 Å². The van der Waals surface area contributed by atoms with Crippen LogP contribution in [0.5, 0.6) is 0 Å². The molecular weight excluding hydrogens is 261 g/mol. The average Bonchev–Trinajstić information content (AvgIpc) is 2.46. The average molecular weight is 277 g/mol. The van der Waals surface area contributed by atoms with E-state index in [0.717, 1.165) is 5.69 Å². The maximum absolute atomic E-state index is 12.8. The lowest BCUT2D eigenvalue weighted by atomic mass is 10.1. The standard InChI is InChI=1S/C15H16FNOS/c1-19-14-8-6-13(7-9-14)17-10-15(18)11-2-4-12(16)5-3-11/h2-9,15,17-18H,10H2,1H3. The lowest BCUT2D eigenvalue weighted by Crippen LogP contribution is -2.12. The molecule has 4 heteroatoms. The third kappa shape index (κ3) is 3.98. The normalized spacial score (nSPS) is 12.2. The number of benzene rings is 2. The number of hydrogen-bond acceptors (Lipinski definition) is 3. The fourth-order valence-corrected chi connectivity index (χ4v) is 2.13. The summed E-state index contributed by atoms with van der Waals surface area (Å²) in [7, 11) is 0. The van der Waals surface area contributed by atoms with E-state index < -0.39 is 6.10 Å². The molecule has 1 unspecified atom stereocenters. The van der Waals surface area contributed by atoms with Crippen molar-refractivity contribution >= 4 is 17.4 Å². The van der Waals surface area contributed by atoms with Gasteiger partial charge in [-0.15, -0.1) is 11.8 Å². The maximum atomic E-state index is 12.8. The number of nitrogens with one attached hydrogen (secondary N) is 1. The highest BCUT2D eigenvalue weighted by Gasteiger charge is 2.07. The molecular formula is C15H16FNOS. The van der Waals surface area contributed by atoms with Crippen LogP contribution >= 0.6 is 11.8 Å². The summed E-state index contributed by atoms with van der Waals surface area (Å²) in [4.78, 5) is 1.20. The van der Waals surface area contributed by atoms with E-state index in [9.17, 15) is 9.50 Å². The van der Waals surface area contributed by atoms with Gasteiger partial charge in [-0.05, 0) is 48.2 Å². The first-order valence-corrected chi connectivity index (χ1v) is 7.23. The zero-order chi connectivity index (χ0) is 13.7. The molecule has 2 rings (SSSR count). The Labute approximate surface area is 116 Å². The zero-order valence-corrected chi connectivity index (χ0v) is 11.5. The van der Waals surface area contributed by atoms with E-state index in [1.54, 1.807) is 23.9 Å². The van der Waals surface area contributed by atoms with Gasteiger partial charge in [-0.2, -0.15) is 0 Å². The van der Waals surface area contributed by atoms with Gasteiger partial charge in [0.15, 0.2) is 0 Å². The molecule has 2 nitrogen and oxygen atoms in total. The summed E-state index contributed by atoms with van der Waals surface area (Å²) in [5.74, 6) is -0.295. The van der Waals surface area contributed by atoms with Gasteiger partial charge in [0, 0.05) is 17.1 Å². The molecule has 0 bridgehead atoms. The van der Waals surface area contributed by atoms with E-state index in [1.165, 1.54) is 17.0 Å². The van der Waals surface area contributed by atoms with Gasteiger partial charge in [0.05, 0.1) is 6.10 Å². The van der Waals surface area contributed by atoms with Crippen LogP contribution in [-0.4, -0.2) is 17.9 Å². The molecule has 0 saturated heterocycles. The molecule has 0 aromatic heterocycles. The molecule has 0 heterocycles. The van der Waals surface area contributed by atoms with Gasteiger partial charge in [0.2, 0.25) is 0 Å². The summed E-state index contributed by atoms with van der Waals surface area (Å²) in [5.41, 5.74) is 1.66. The molecule has 0 aliphatic heterocycles. The fourth-order valence-electron chi connectivity index (χ4n) is 1.73. The topological polar surface area (TPSA) is 32.3 Å². The summed E-state index contributed by atoms with van der Waals surface area (Å²) in [6.07, 6.45) is 1.38. The van der Waals surface area contributed by atoms with Gasteiger partial charge < -0.3 is 10.4 Å². The number of anilines is 1. The molecule has 2 aromatic rings. The van der Waals surface area contributed by atoms with E-state index in [4.69, 9.17) is 0 Å². The predicted molar refractivity (Wildman–Crippen MR) is 78.1 cm³/mol. The number of halogens is 1. The Hall–Kier alpha value is -1.52. The first-order valence-electron chi connectivity index (χ1n) is 6.00. The quantitative estimate of drug-likeness (QED) is 0.817. The Morgan fingerprint density at radius 1 is 1.11 bits per heavy atom. The highest BCUT2D eigenvalue weighted by Crippen LogP contribution is 2.19. The minimum absolute atomic E-state index is 0.295. The van der Waals surface area contributed by atoms with Crippen LogP contribution in [0.2, 0.25) is 0 Å². The lowest BCUT2D eigenvalue weighted by molar-refractivity contribution is 0.191. The molecule has 1 atom stereocenters. The van der Waals surface area contributed by atoms with Crippen molar-refractivity contribution in [1.82, 2.24) is 0 Å². The van der Waals surface area contributed by atoms with E-state index in [-0.39, 0.29) is 5.82 Å². The van der Waals surface area contributed by atoms with Crippen molar-refractivity contribution in [2.24, 2.45) is 0 Å². The highest BCUT2D eigenvalue weighted by molar-refractivity contribution is 7.98. The Balaban J connectivity index is 1.92. The van der Waals surface area contributed by atoms with E-state index in [0.29, 0.717) is 12.1 Å². The van der Waals surface area contributed by atoms with Gasteiger partial charge >= 0.3 is 0 Å². The van der Waals surface area contributed by atoms with E-state index in [2.05, 4.69) is 5.32 Å². The van der Waals surface area contributed by atoms with Crippen molar-refractivity contribution in [3.63, 3.8) is 0 Å².